The number of rotatable bonds is 2. The van der Waals surface area contributed by atoms with Crippen LogP contribution in [0.5, 0.6) is 0 Å². The molecule has 0 N–H and O–H groups in total. The van der Waals surface area contributed by atoms with Crippen molar-refractivity contribution in [2.75, 3.05) is 0 Å². The van der Waals surface area contributed by atoms with Crippen molar-refractivity contribution in [3.63, 3.8) is 0 Å². The average molecular weight is 410 g/mol. The van der Waals surface area contributed by atoms with Crippen molar-refractivity contribution < 1.29 is 4.79 Å². The van der Waals surface area contributed by atoms with Crippen molar-refractivity contribution in [1.29, 1.82) is 0 Å². The van der Waals surface area contributed by atoms with Gasteiger partial charge < -0.3 is 4.57 Å². The summed E-state index contributed by atoms with van der Waals surface area (Å²) in [6, 6.07) is 8.38. The lowest BCUT2D eigenvalue weighted by molar-refractivity contribution is 0.0998. The van der Waals surface area contributed by atoms with E-state index in [4.69, 9.17) is 41.2 Å². The van der Waals surface area contributed by atoms with Crippen LogP contribution in [0, 0.1) is 19.3 Å². The van der Waals surface area contributed by atoms with E-state index in [9.17, 15) is 4.79 Å². The number of aromatic nitrogens is 1. The molecule has 0 unspecified atom stereocenters. The molecule has 126 valence electrons. The van der Waals surface area contributed by atoms with E-state index in [1.165, 1.54) is 17.4 Å². The van der Waals surface area contributed by atoms with Gasteiger partial charge in [-0.15, -0.1) is 6.42 Å². The molecule has 2 aromatic carbocycles. The number of hydrogen-bond acceptors (Lipinski definition) is 2. The van der Waals surface area contributed by atoms with Crippen LogP contribution in [0.15, 0.2) is 35.3 Å². The van der Waals surface area contributed by atoms with Crippen molar-refractivity contribution >= 4 is 62.3 Å². The predicted octanol–water partition coefficient (Wildman–Crippen LogP) is 5.35. The summed E-state index contributed by atoms with van der Waals surface area (Å²) in [7, 11) is 0. The third-order valence-corrected chi connectivity index (χ3v) is 5.65. The lowest BCUT2D eigenvalue weighted by Gasteiger charge is -2.05. The first-order chi connectivity index (χ1) is 11.9. The number of aryl methyl sites for hydroxylation is 1. The van der Waals surface area contributed by atoms with E-state index >= 15 is 0 Å². The molecule has 0 aliphatic carbocycles. The molecule has 1 aromatic heterocycles. The number of amides is 1. The summed E-state index contributed by atoms with van der Waals surface area (Å²) in [5.74, 6) is 2.11. The van der Waals surface area contributed by atoms with Gasteiger partial charge >= 0.3 is 0 Å². The maximum atomic E-state index is 12.6. The second kappa shape index (κ2) is 7.23. The summed E-state index contributed by atoms with van der Waals surface area (Å²) >= 11 is 19.6. The zero-order chi connectivity index (χ0) is 18.1. The molecule has 0 radical (unpaired) electrons. The van der Waals surface area contributed by atoms with Crippen LogP contribution in [-0.2, 0) is 6.54 Å². The first-order valence-electron chi connectivity index (χ1n) is 7.18. The Balaban J connectivity index is 2.24. The lowest BCUT2D eigenvalue weighted by atomic mass is 10.2. The highest BCUT2D eigenvalue weighted by molar-refractivity contribution is 7.16. The molecule has 25 heavy (non-hydrogen) atoms. The summed E-state index contributed by atoms with van der Waals surface area (Å²) in [5, 5.41) is 1.34. The first-order valence-corrected chi connectivity index (χ1v) is 9.13. The number of fused-ring (bicyclic) bond motifs is 1. The van der Waals surface area contributed by atoms with E-state index in [2.05, 4.69) is 10.9 Å². The molecule has 0 aliphatic rings. The minimum absolute atomic E-state index is 0.244. The molecule has 0 bridgehead atoms. The van der Waals surface area contributed by atoms with Crippen molar-refractivity contribution in [2.45, 2.75) is 13.5 Å². The van der Waals surface area contributed by atoms with Gasteiger partial charge in [-0.05, 0) is 42.8 Å². The van der Waals surface area contributed by atoms with Crippen LogP contribution in [0.25, 0.3) is 10.2 Å². The van der Waals surface area contributed by atoms with Gasteiger partial charge in [0.15, 0.2) is 4.80 Å². The fourth-order valence-electron chi connectivity index (χ4n) is 2.45. The summed E-state index contributed by atoms with van der Waals surface area (Å²) in [6.07, 6.45) is 5.49. The second-order valence-electron chi connectivity index (χ2n) is 5.24. The van der Waals surface area contributed by atoms with E-state index in [1.54, 1.807) is 16.7 Å². The molecule has 1 amide bonds. The Morgan fingerprint density at radius 3 is 2.68 bits per heavy atom. The summed E-state index contributed by atoms with van der Waals surface area (Å²) in [4.78, 5) is 17.3. The number of terminal acetylenes is 1. The monoisotopic (exact) mass is 408 g/mol. The minimum atomic E-state index is -0.478. The molecular formula is C18H11Cl3N2OS. The zero-order valence-electron chi connectivity index (χ0n) is 13.0. The lowest BCUT2D eigenvalue weighted by Crippen LogP contribution is -2.17. The van der Waals surface area contributed by atoms with Gasteiger partial charge in [0.05, 0.1) is 27.3 Å². The van der Waals surface area contributed by atoms with Crippen molar-refractivity contribution in [2.24, 2.45) is 4.99 Å². The fraction of sp³-hybridized carbons (Fsp3) is 0.111. The Bertz CT molecular complexity index is 1110. The van der Waals surface area contributed by atoms with E-state index in [0.29, 0.717) is 19.9 Å². The Kier molecular flexibility index (Phi) is 5.21. The summed E-state index contributed by atoms with van der Waals surface area (Å²) < 4.78 is 2.75. The second-order valence-corrected chi connectivity index (χ2v) is 7.50. The maximum absolute atomic E-state index is 12.6. The van der Waals surface area contributed by atoms with Crippen LogP contribution in [0.3, 0.4) is 0 Å². The van der Waals surface area contributed by atoms with Crippen molar-refractivity contribution in [1.82, 2.24) is 4.57 Å². The highest BCUT2D eigenvalue weighted by Crippen LogP contribution is 2.27. The average Bonchev–Trinajstić information content (AvgIpc) is 2.92. The van der Waals surface area contributed by atoms with Gasteiger partial charge in [-0.2, -0.15) is 4.99 Å². The van der Waals surface area contributed by atoms with Gasteiger partial charge in [-0.3, -0.25) is 4.79 Å². The number of halogens is 3. The molecule has 3 rings (SSSR count). The number of hydrogen-bond donors (Lipinski definition) is 0. The number of carbonyl (C=O) groups excluding carboxylic acids is 1. The molecule has 0 saturated heterocycles. The summed E-state index contributed by atoms with van der Waals surface area (Å²) in [5.41, 5.74) is 2.01. The minimum Gasteiger partial charge on any atom is -0.304 e. The molecule has 0 fully saturated rings. The molecule has 1 heterocycles. The number of benzene rings is 2. The highest BCUT2D eigenvalue weighted by Gasteiger charge is 2.14. The van der Waals surface area contributed by atoms with Crippen molar-refractivity contribution in [3.05, 3.63) is 61.3 Å². The SMILES string of the molecule is C#CCn1c(=NC(=O)c2cc(Cl)ccc2Cl)sc2ccc(Cl)c(C)c21. The third kappa shape index (κ3) is 3.47. The first kappa shape index (κ1) is 18.0. The predicted molar refractivity (Wildman–Crippen MR) is 105 cm³/mol. The highest BCUT2D eigenvalue weighted by atomic mass is 35.5. The molecule has 7 heteroatoms. The van der Waals surface area contributed by atoms with Gasteiger partial charge in [0, 0.05) is 10.0 Å². The molecular weight excluding hydrogens is 399 g/mol. The normalized spacial score (nSPS) is 11.7. The van der Waals surface area contributed by atoms with E-state index in [1.807, 2.05) is 19.1 Å². The Morgan fingerprint density at radius 2 is 1.96 bits per heavy atom. The Morgan fingerprint density at radius 1 is 1.24 bits per heavy atom. The number of nitrogens with zero attached hydrogens (tertiary/aromatic N) is 2. The molecule has 0 saturated carbocycles. The molecule has 0 atom stereocenters. The van der Waals surface area contributed by atoms with Crippen LogP contribution in [0.4, 0.5) is 0 Å². The standard InChI is InChI=1S/C18H11Cl3N2OS/c1-3-8-23-16-10(2)13(20)6-7-15(16)25-18(23)22-17(24)12-9-11(19)4-5-14(12)21/h1,4-7,9H,8H2,2H3. The maximum Gasteiger partial charge on any atom is 0.281 e. The molecule has 0 aliphatic heterocycles. The smallest absolute Gasteiger partial charge is 0.281 e. The Hall–Kier alpha value is -1.77. The molecule has 3 nitrogen and oxygen atoms in total. The quantitative estimate of drug-likeness (QED) is 0.526. The van der Waals surface area contributed by atoms with Gasteiger partial charge in [0.1, 0.15) is 0 Å². The van der Waals surface area contributed by atoms with Gasteiger partial charge in [-0.1, -0.05) is 52.1 Å². The van der Waals surface area contributed by atoms with Crippen LogP contribution < -0.4 is 4.80 Å². The van der Waals surface area contributed by atoms with Crippen molar-refractivity contribution in [3.8, 4) is 12.3 Å². The third-order valence-electron chi connectivity index (χ3n) is 3.64. The molecule has 0 spiro atoms. The van der Waals surface area contributed by atoms with Gasteiger partial charge in [0.2, 0.25) is 0 Å². The Labute approximate surface area is 163 Å². The van der Waals surface area contributed by atoms with Gasteiger partial charge in [0.25, 0.3) is 5.91 Å². The van der Waals surface area contributed by atoms with E-state index in [-0.39, 0.29) is 12.1 Å². The van der Waals surface area contributed by atoms with Crippen LogP contribution in [0.1, 0.15) is 15.9 Å². The van der Waals surface area contributed by atoms with E-state index < -0.39 is 5.91 Å². The topological polar surface area (TPSA) is 34.4 Å². The fourth-order valence-corrected chi connectivity index (χ4v) is 4.06. The largest absolute Gasteiger partial charge is 0.304 e. The number of carbonyl (C=O) groups is 1. The molecule has 3 aromatic rings. The number of thiazole rings is 1. The van der Waals surface area contributed by atoms with Gasteiger partial charge in [-0.25, -0.2) is 0 Å². The van der Waals surface area contributed by atoms with Crippen LogP contribution in [-0.4, -0.2) is 10.5 Å². The van der Waals surface area contributed by atoms with E-state index in [0.717, 1.165) is 15.8 Å². The zero-order valence-corrected chi connectivity index (χ0v) is 16.1. The van der Waals surface area contributed by atoms with Crippen LogP contribution >= 0.6 is 46.1 Å². The summed E-state index contributed by atoms with van der Waals surface area (Å²) in [6.45, 7) is 2.18. The van der Waals surface area contributed by atoms with Crippen LogP contribution in [0.2, 0.25) is 15.1 Å².